The van der Waals surface area contributed by atoms with Crippen molar-refractivity contribution in [3.05, 3.63) is 46.1 Å². The Kier molecular flexibility index (Phi) is 3.53. The first kappa shape index (κ1) is 14.8. The zero-order chi connectivity index (χ0) is 16.0. The summed E-state index contributed by atoms with van der Waals surface area (Å²) < 4.78 is 1.93. The topological polar surface area (TPSA) is 54.6 Å². The van der Waals surface area contributed by atoms with Gasteiger partial charge in [0.05, 0.1) is 5.69 Å². The summed E-state index contributed by atoms with van der Waals surface area (Å²) in [6, 6.07) is 8.43. The molecule has 0 bridgehead atoms. The zero-order valence-electron chi connectivity index (χ0n) is 13.0. The highest BCUT2D eigenvalue weighted by Gasteiger charge is 2.20. The average molecular weight is 314 g/mol. The second kappa shape index (κ2) is 5.25. The highest BCUT2D eigenvalue weighted by molar-refractivity contribution is 7.19. The van der Waals surface area contributed by atoms with Gasteiger partial charge in [0, 0.05) is 17.0 Å². The van der Waals surface area contributed by atoms with Crippen LogP contribution in [0.5, 0.6) is 0 Å². The number of imidazole rings is 1. The Labute approximate surface area is 133 Å². The lowest BCUT2D eigenvalue weighted by Crippen LogP contribution is -1.98. The molecule has 5 heteroatoms. The lowest BCUT2D eigenvalue weighted by Gasteiger charge is -2.06. The number of hydrogen-bond acceptors (Lipinski definition) is 3. The molecule has 1 aromatic carbocycles. The maximum absolute atomic E-state index is 11.2. The van der Waals surface area contributed by atoms with Gasteiger partial charge in [0.1, 0.15) is 4.88 Å². The first-order chi connectivity index (χ1) is 10.4. The maximum Gasteiger partial charge on any atom is 0.347 e. The number of thiazole rings is 1. The van der Waals surface area contributed by atoms with E-state index in [0.29, 0.717) is 10.8 Å². The largest absolute Gasteiger partial charge is 0.477 e. The Bertz CT molecular complexity index is 857. The number of carbonyl (C=O) groups is 1. The first-order valence-corrected chi connectivity index (χ1v) is 8.04. The van der Waals surface area contributed by atoms with Gasteiger partial charge in [-0.3, -0.25) is 4.40 Å². The Morgan fingerprint density at radius 3 is 2.32 bits per heavy atom. The van der Waals surface area contributed by atoms with Gasteiger partial charge < -0.3 is 5.11 Å². The number of rotatable bonds is 3. The molecule has 0 unspecified atom stereocenters. The van der Waals surface area contributed by atoms with Crippen molar-refractivity contribution in [2.45, 2.75) is 33.6 Å². The molecule has 4 nitrogen and oxygen atoms in total. The summed E-state index contributed by atoms with van der Waals surface area (Å²) in [6.45, 7) is 8.15. The summed E-state index contributed by atoms with van der Waals surface area (Å²) in [5.74, 6) is -0.392. The molecular formula is C17H18N2O2S. The van der Waals surface area contributed by atoms with Crippen molar-refractivity contribution >= 4 is 22.3 Å². The van der Waals surface area contributed by atoms with E-state index >= 15 is 0 Å². The average Bonchev–Trinajstić information content (AvgIpc) is 2.97. The van der Waals surface area contributed by atoms with Crippen LogP contribution < -0.4 is 0 Å². The molecule has 0 aliphatic carbocycles. The molecule has 0 amide bonds. The van der Waals surface area contributed by atoms with Crippen molar-refractivity contribution in [1.29, 1.82) is 0 Å². The van der Waals surface area contributed by atoms with Crippen LogP contribution in [-0.2, 0) is 0 Å². The van der Waals surface area contributed by atoms with Gasteiger partial charge in [0.2, 0.25) is 0 Å². The summed E-state index contributed by atoms with van der Waals surface area (Å²) >= 11 is 1.22. The predicted molar refractivity (Wildman–Crippen MR) is 89.0 cm³/mol. The summed E-state index contributed by atoms with van der Waals surface area (Å²) in [7, 11) is 0. The normalized spacial score (nSPS) is 11.5. The quantitative estimate of drug-likeness (QED) is 0.774. The van der Waals surface area contributed by atoms with E-state index < -0.39 is 5.97 Å². The van der Waals surface area contributed by atoms with E-state index in [1.165, 1.54) is 16.9 Å². The smallest absolute Gasteiger partial charge is 0.347 e. The molecule has 0 aliphatic heterocycles. The second-order valence-electron chi connectivity index (χ2n) is 5.76. The third kappa shape index (κ3) is 2.22. The number of aromatic nitrogens is 2. The van der Waals surface area contributed by atoms with Gasteiger partial charge in [0.15, 0.2) is 4.96 Å². The number of nitrogens with zero attached hydrogens (tertiary/aromatic N) is 2. The van der Waals surface area contributed by atoms with E-state index in [4.69, 9.17) is 0 Å². The van der Waals surface area contributed by atoms with Crippen molar-refractivity contribution in [1.82, 2.24) is 9.38 Å². The van der Waals surface area contributed by atoms with E-state index in [1.807, 2.05) is 18.2 Å². The molecule has 2 heterocycles. The minimum atomic E-state index is -0.893. The Morgan fingerprint density at radius 1 is 1.18 bits per heavy atom. The molecule has 2 aromatic heterocycles. The summed E-state index contributed by atoms with van der Waals surface area (Å²) in [5, 5.41) is 9.21. The second-order valence-corrected chi connectivity index (χ2v) is 6.74. The minimum absolute atomic E-state index is 0.354. The van der Waals surface area contributed by atoms with Crippen LogP contribution in [0.4, 0.5) is 0 Å². The molecule has 0 atom stereocenters. The van der Waals surface area contributed by atoms with Crippen LogP contribution in [0.15, 0.2) is 24.3 Å². The van der Waals surface area contributed by atoms with E-state index in [0.717, 1.165) is 27.6 Å². The van der Waals surface area contributed by atoms with Crippen molar-refractivity contribution in [3.8, 4) is 11.3 Å². The molecule has 0 aliphatic rings. The van der Waals surface area contributed by atoms with Crippen LogP contribution >= 0.6 is 11.3 Å². The van der Waals surface area contributed by atoms with Gasteiger partial charge >= 0.3 is 5.97 Å². The highest BCUT2D eigenvalue weighted by atomic mass is 32.1. The molecule has 0 saturated carbocycles. The Hall–Kier alpha value is -2.14. The number of fused-ring (bicyclic) bond motifs is 1. The molecule has 0 spiro atoms. The molecular weight excluding hydrogens is 296 g/mol. The van der Waals surface area contributed by atoms with E-state index in [-0.39, 0.29) is 0 Å². The van der Waals surface area contributed by atoms with Crippen LogP contribution in [0.1, 0.15) is 46.4 Å². The Balaban J connectivity index is 2.12. The van der Waals surface area contributed by atoms with Crippen molar-refractivity contribution in [3.63, 3.8) is 0 Å². The number of aromatic carboxylic acids is 1. The third-order valence-electron chi connectivity index (χ3n) is 3.98. The molecule has 1 N–H and O–H groups in total. The van der Waals surface area contributed by atoms with Crippen LogP contribution in [0.25, 0.3) is 16.2 Å². The Morgan fingerprint density at radius 2 is 1.82 bits per heavy atom. The molecule has 3 aromatic rings. The van der Waals surface area contributed by atoms with Crippen LogP contribution in [0.2, 0.25) is 0 Å². The zero-order valence-corrected chi connectivity index (χ0v) is 13.9. The number of aryl methyl sites for hydroxylation is 2. The van der Waals surface area contributed by atoms with E-state index in [9.17, 15) is 9.90 Å². The van der Waals surface area contributed by atoms with E-state index in [2.05, 4.69) is 43.1 Å². The number of benzene rings is 1. The fourth-order valence-electron chi connectivity index (χ4n) is 2.70. The van der Waals surface area contributed by atoms with Gasteiger partial charge in [-0.2, -0.15) is 0 Å². The van der Waals surface area contributed by atoms with Crippen molar-refractivity contribution in [2.24, 2.45) is 0 Å². The van der Waals surface area contributed by atoms with Crippen molar-refractivity contribution in [2.75, 3.05) is 0 Å². The number of carboxylic acid groups (broad SMARTS) is 1. The fourth-order valence-corrected chi connectivity index (χ4v) is 3.71. The minimum Gasteiger partial charge on any atom is -0.477 e. The third-order valence-corrected chi connectivity index (χ3v) is 5.11. The van der Waals surface area contributed by atoms with Crippen molar-refractivity contribution < 1.29 is 9.90 Å². The highest BCUT2D eigenvalue weighted by Crippen LogP contribution is 2.31. The van der Waals surface area contributed by atoms with Gasteiger partial charge in [-0.05, 0) is 25.3 Å². The lowest BCUT2D eigenvalue weighted by atomic mass is 10.0. The molecule has 0 saturated heterocycles. The summed E-state index contributed by atoms with van der Waals surface area (Å²) in [4.78, 5) is 17.0. The van der Waals surface area contributed by atoms with Gasteiger partial charge in [-0.1, -0.05) is 49.4 Å². The maximum atomic E-state index is 11.2. The van der Waals surface area contributed by atoms with E-state index in [1.54, 1.807) is 0 Å². The molecule has 0 radical (unpaired) electrons. The molecule has 3 rings (SSSR count). The monoisotopic (exact) mass is 314 g/mol. The molecule has 0 fully saturated rings. The number of hydrogen-bond donors (Lipinski definition) is 1. The van der Waals surface area contributed by atoms with Gasteiger partial charge in [-0.15, -0.1) is 0 Å². The van der Waals surface area contributed by atoms with Crippen LogP contribution in [0.3, 0.4) is 0 Å². The fraction of sp³-hybridized carbons (Fsp3) is 0.294. The van der Waals surface area contributed by atoms with Crippen LogP contribution in [-0.4, -0.2) is 20.5 Å². The first-order valence-electron chi connectivity index (χ1n) is 7.22. The van der Waals surface area contributed by atoms with Crippen LogP contribution in [0, 0.1) is 13.8 Å². The lowest BCUT2D eigenvalue weighted by molar-refractivity contribution is 0.0701. The summed E-state index contributed by atoms with van der Waals surface area (Å²) in [6.07, 6.45) is 0. The van der Waals surface area contributed by atoms with Gasteiger partial charge in [-0.25, -0.2) is 9.78 Å². The summed E-state index contributed by atoms with van der Waals surface area (Å²) in [5.41, 5.74) is 5.00. The molecule has 114 valence electrons. The van der Waals surface area contributed by atoms with Gasteiger partial charge in [0.25, 0.3) is 0 Å². The predicted octanol–water partition coefficient (Wildman–Crippen LogP) is 4.50. The standard InChI is InChI=1S/C17H18N2O2S/c1-9(2)12-5-7-13(8-6-12)14-10(3)19-11(4)15(16(20)21)22-17(19)18-14/h5-9H,1-4H3,(H,20,21). The SMILES string of the molecule is Cc1c(-c2ccc(C(C)C)cc2)nc2sc(C(=O)O)c(C)n12. The molecule has 22 heavy (non-hydrogen) atoms. The number of carboxylic acids is 1.